The third-order valence-electron chi connectivity index (χ3n) is 4.93. The molecule has 0 fully saturated rings. The van der Waals surface area contributed by atoms with Crippen LogP contribution in [0.25, 0.3) is 11.0 Å². The van der Waals surface area contributed by atoms with Crippen LogP contribution in [0.2, 0.25) is 0 Å². The van der Waals surface area contributed by atoms with Gasteiger partial charge in [-0.15, -0.1) is 0 Å². The number of rotatable bonds is 7. The Bertz CT molecular complexity index is 1150. The number of hydrogen-bond acceptors (Lipinski definition) is 4. The van der Waals surface area contributed by atoms with E-state index in [1.165, 1.54) is 5.56 Å². The summed E-state index contributed by atoms with van der Waals surface area (Å²) >= 11 is 0. The topological polar surface area (TPSA) is 59.7 Å². The first kappa shape index (κ1) is 18.8. The second kappa shape index (κ2) is 8.65. The minimum Gasteiger partial charge on any atom is -0.507 e. The first-order valence-corrected chi connectivity index (χ1v) is 9.70. The Hall–Kier alpha value is -3.53. The van der Waals surface area contributed by atoms with Crippen LogP contribution in [0.15, 0.2) is 88.1 Å². The number of para-hydroxylation sites is 1. The third-order valence-corrected chi connectivity index (χ3v) is 4.93. The maximum Gasteiger partial charge on any atom is 0.343 e. The largest absolute Gasteiger partial charge is 0.507 e. The molecule has 4 nitrogen and oxygen atoms in total. The van der Waals surface area contributed by atoms with Gasteiger partial charge in [-0.1, -0.05) is 66.7 Å². The summed E-state index contributed by atoms with van der Waals surface area (Å²) in [5.41, 5.74) is 2.28. The van der Waals surface area contributed by atoms with Crippen LogP contribution < -0.4 is 10.4 Å². The Balaban J connectivity index is 1.56. The van der Waals surface area contributed by atoms with E-state index >= 15 is 0 Å². The highest BCUT2D eigenvalue weighted by atomic mass is 16.5. The molecule has 0 radical (unpaired) electrons. The van der Waals surface area contributed by atoms with E-state index in [9.17, 15) is 9.90 Å². The molecular weight excluding hydrogens is 364 g/mol. The van der Waals surface area contributed by atoms with Crippen molar-refractivity contribution in [2.75, 3.05) is 0 Å². The molecule has 4 aromatic rings. The standard InChI is InChI=1S/C25H22O4/c26-23-20-14-8-16-22(28-17-19-11-5-2-6-12-19)24(20)29-25(27)21(23)15-7-13-18-9-3-1-4-10-18/h1-6,8-12,14,16,26H,7,13,15,17H2. The van der Waals surface area contributed by atoms with Crippen molar-refractivity contribution in [2.45, 2.75) is 25.9 Å². The lowest BCUT2D eigenvalue weighted by Gasteiger charge is -2.11. The van der Waals surface area contributed by atoms with Crippen molar-refractivity contribution in [3.05, 3.63) is 106 Å². The van der Waals surface area contributed by atoms with E-state index in [-0.39, 0.29) is 11.3 Å². The molecule has 4 rings (SSSR count). The highest BCUT2D eigenvalue weighted by molar-refractivity contribution is 5.88. The first-order chi connectivity index (χ1) is 14.2. The second-order valence-corrected chi connectivity index (χ2v) is 6.96. The molecular formula is C25H22O4. The van der Waals surface area contributed by atoms with E-state index in [0.717, 1.165) is 18.4 Å². The van der Waals surface area contributed by atoms with Gasteiger partial charge in [0, 0.05) is 0 Å². The van der Waals surface area contributed by atoms with Crippen LogP contribution in [0.5, 0.6) is 11.5 Å². The average molecular weight is 386 g/mol. The average Bonchev–Trinajstić information content (AvgIpc) is 2.76. The summed E-state index contributed by atoms with van der Waals surface area (Å²) in [6.45, 7) is 0.350. The van der Waals surface area contributed by atoms with Crippen LogP contribution in [0.1, 0.15) is 23.1 Å². The van der Waals surface area contributed by atoms with Crippen molar-refractivity contribution >= 4 is 11.0 Å². The zero-order chi connectivity index (χ0) is 20.1. The Morgan fingerprint density at radius 2 is 1.48 bits per heavy atom. The van der Waals surface area contributed by atoms with Gasteiger partial charge in [0.15, 0.2) is 11.3 Å². The van der Waals surface area contributed by atoms with Crippen LogP contribution in [0, 0.1) is 0 Å². The summed E-state index contributed by atoms with van der Waals surface area (Å²) in [6, 6.07) is 25.1. The van der Waals surface area contributed by atoms with Crippen molar-refractivity contribution in [3.8, 4) is 11.5 Å². The molecule has 1 N–H and O–H groups in total. The van der Waals surface area contributed by atoms with Crippen molar-refractivity contribution in [1.82, 2.24) is 0 Å². The highest BCUT2D eigenvalue weighted by Crippen LogP contribution is 2.33. The Morgan fingerprint density at radius 1 is 0.793 bits per heavy atom. The van der Waals surface area contributed by atoms with E-state index in [0.29, 0.717) is 29.7 Å². The molecule has 0 spiro atoms. The lowest BCUT2D eigenvalue weighted by molar-refractivity contribution is 0.303. The smallest absolute Gasteiger partial charge is 0.343 e. The molecule has 0 saturated carbocycles. The molecule has 0 unspecified atom stereocenters. The van der Waals surface area contributed by atoms with Crippen LogP contribution in [0.3, 0.4) is 0 Å². The molecule has 0 atom stereocenters. The maximum absolute atomic E-state index is 12.5. The van der Waals surface area contributed by atoms with E-state index in [1.54, 1.807) is 18.2 Å². The highest BCUT2D eigenvalue weighted by Gasteiger charge is 2.16. The van der Waals surface area contributed by atoms with Gasteiger partial charge >= 0.3 is 5.63 Å². The lowest BCUT2D eigenvalue weighted by atomic mass is 10.0. The maximum atomic E-state index is 12.5. The van der Waals surface area contributed by atoms with Gasteiger partial charge < -0.3 is 14.3 Å². The molecule has 0 bridgehead atoms. The number of benzene rings is 3. The van der Waals surface area contributed by atoms with Gasteiger partial charge in [-0.05, 0) is 42.5 Å². The summed E-state index contributed by atoms with van der Waals surface area (Å²) in [4.78, 5) is 12.5. The normalized spacial score (nSPS) is 10.9. The second-order valence-electron chi connectivity index (χ2n) is 6.96. The number of aryl methyl sites for hydroxylation is 1. The van der Waals surface area contributed by atoms with Gasteiger partial charge in [0.25, 0.3) is 0 Å². The van der Waals surface area contributed by atoms with Gasteiger partial charge in [0.1, 0.15) is 12.4 Å². The van der Waals surface area contributed by atoms with E-state index in [1.807, 2.05) is 48.5 Å². The third kappa shape index (κ3) is 4.32. The number of aromatic hydroxyl groups is 1. The molecule has 0 saturated heterocycles. The molecule has 0 aliphatic rings. The van der Waals surface area contributed by atoms with E-state index < -0.39 is 5.63 Å². The molecule has 0 aliphatic carbocycles. The molecule has 1 heterocycles. The fourth-order valence-corrected chi connectivity index (χ4v) is 3.40. The predicted octanol–water partition coefficient (Wildman–Crippen LogP) is 5.25. The summed E-state index contributed by atoms with van der Waals surface area (Å²) in [7, 11) is 0. The summed E-state index contributed by atoms with van der Waals surface area (Å²) in [5, 5.41) is 11.2. The molecule has 3 aromatic carbocycles. The predicted molar refractivity (Wildman–Crippen MR) is 113 cm³/mol. The molecule has 29 heavy (non-hydrogen) atoms. The van der Waals surface area contributed by atoms with E-state index in [2.05, 4.69) is 12.1 Å². The van der Waals surface area contributed by atoms with Crippen LogP contribution in [-0.2, 0) is 19.4 Å². The molecule has 146 valence electrons. The van der Waals surface area contributed by atoms with Gasteiger partial charge in [0.2, 0.25) is 0 Å². The Morgan fingerprint density at radius 3 is 2.21 bits per heavy atom. The molecule has 0 aliphatic heterocycles. The van der Waals surface area contributed by atoms with Gasteiger partial charge in [0.05, 0.1) is 10.9 Å². The SMILES string of the molecule is O=c1oc2c(OCc3ccccc3)cccc2c(O)c1CCCc1ccccc1. The van der Waals surface area contributed by atoms with Crippen molar-refractivity contribution in [3.63, 3.8) is 0 Å². The van der Waals surface area contributed by atoms with Gasteiger partial charge in [-0.3, -0.25) is 0 Å². The van der Waals surface area contributed by atoms with Gasteiger partial charge in [-0.25, -0.2) is 4.79 Å². The fraction of sp³-hybridized carbons (Fsp3) is 0.160. The zero-order valence-electron chi connectivity index (χ0n) is 16.0. The molecule has 0 amide bonds. The minimum atomic E-state index is -0.515. The minimum absolute atomic E-state index is 0.0190. The quantitative estimate of drug-likeness (QED) is 0.441. The van der Waals surface area contributed by atoms with E-state index in [4.69, 9.17) is 9.15 Å². The van der Waals surface area contributed by atoms with Gasteiger partial charge in [-0.2, -0.15) is 0 Å². The van der Waals surface area contributed by atoms with Crippen LogP contribution >= 0.6 is 0 Å². The number of fused-ring (bicyclic) bond motifs is 1. The molecule has 1 aromatic heterocycles. The fourth-order valence-electron chi connectivity index (χ4n) is 3.40. The van der Waals surface area contributed by atoms with Crippen molar-refractivity contribution in [1.29, 1.82) is 0 Å². The number of hydrogen-bond donors (Lipinski definition) is 1. The molecule has 4 heteroatoms. The zero-order valence-corrected chi connectivity index (χ0v) is 16.0. The lowest BCUT2D eigenvalue weighted by Crippen LogP contribution is -2.09. The first-order valence-electron chi connectivity index (χ1n) is 9.70. The summed E-state index contributed by atoms with van der Waals surface area (Å²) in [6.07, 6.45) is 2.03. The monoisotopic (exact) mass is 386 g/mol. The summed E-state index contributed by atoms with van der Waals surface area (Å²) in [5.74, 6) is 0.420. The van der Waals surface area contributed by atoms with Crippen LogP contribution in [-0.4, -0.2) is 5.11 Å². The van der Waals surface area contributed by atoms with Crippen molar-refractivity contribution in [2.24, 2.45) is 0 Å². The van der Waals surface area contributed by atoms with Crippen molar-refractivity contribution < 1.29 is 14.3 Å². The number of ether oxygens (including phenoxy) is 1. The summed E-state index contributed by atoms with van der Waals surface area (Å²) < 4.78 is 11.4. The Kier molecular flexibility index (Phi) is 5.61. The Labute approximate surface area is 169 Å². The van der Waals surface area contributed by atoms with Crippen LogP contribution in [0.4, 0.5) is 0 Å².